The average molecular weight is 334 g/mol. The van der Waals surface area contributed by atoms with E-state index in [1.807, 2.05) is 0 Å². The molecule has 24 heavy (non-hydrogen) atoms. The van der Waals surface area contributed by atoms with E-state index in [1.54, 1.807) is 0 Å². The standard InChI is InChI=1S/C20H35N3O/c1-4-20(5-2,14-16-24)17-23-19(21-6-3)22-15-10-13-18-11-8-7-9-12-18/h7-9,11-12,24H,4-6,10,13-17H2,1-3H3,(H2,21,22,23). The van der Waals surface area contributed by atoms with E-state index in [0.717, 1.165) is 57.7 Å². The molecule has 0 aromatic heterocycles. The second-order valence-corrected chi connectivity index (χ2v) is 6.39. The third-order valence-electron chi connectivity index (χ3n) is 4.84. The van der Waals surface area contributed by atoms with E-state index in [9.17, 15) is 5.11 Å². The van der Waals surface area contributed by atoms with E-state index in [2.05, 4.69) is 61.7 Å². The van der Waals surface area contributed by atoms with Crippen molar-refractivity contribution in [1.29, 1.82) is 0 Å². The van der Waals surface area contributed by atoms with Gasteiger partial charge in [-0.15, -0.1) is 0 Å². The van der Waals surface area contributed by atoms with Gasteiger partial charge in [-0.1, -0.05) is 44.2 Å². The van der Waals surface area contributed by atoms with Crippen molar-refractivity contribution in [3.63, 3.8) is 0 Å². The first-order valence-electron chi connectivity index (χ1n) is 9.36. The van der Waals surface area contributed by atoms with Crippen molar-refractivity contribution < 1.29 is 5.11 Å². The monoisotopic (exact) mass is 333 g/mol. The van der Waals surface area contributed by atoms with Crippen LogP contribution in [0.3, 0.4) is 0 Å². The van der Waals surface area contributed by atoms with Crippen LogP contribution in [0.5, 0.6) is 0 Å². The summed E-state index contributed by atoms with van der Waals surface area (Å²) < 4.78 is 0. The van der Waals surface area contributed by atoms with Crippen LogP contribution in [0.25, 0.3) is 0 Å². The zero-order valence-electron chi connectivity index (χ0n) is 15.6. The number of benzene rings is 1. The Bertz CT molecular complexity index is 455. The third kappa shape index (κ3) is 7.35. The molecule has 0 saturated heterocycles. The van der Waals surface area contributed by atoms with Crippen LogP contribution < -0.4 is 10.6 Å². The minimum absolute atomic E-state index is 0.112. The molecule has 3 N–H and O–H groups in total. The fraction of sp³-hybridized carbons (Fsp3) is 0.650. The van der Waals surface area contributed by atoms with Gasteiger partial charge in [-0.25, -0.2) is 0 Å². The number of aliphatic imine (C=N–C) groups is 1. The summed E-state index contributed by atoms with van der Waals surface area (Å²) in [4.78, 5) is 4.77. The minimum Gasteiger partial charge on any atom is -0.396 e. The Kier molecular flexibility index (Phi) is 10.2. The molecule has 0 aliphatic carbocycles. The Morgan fingerprint density at radius 2 is 1.79 bits per heavy atom. The highest BCUT2D eigenvalue weighted by Crippen LogP contribution is 2.30. The lowest BCUT2D eigenvalue weighted by Crippen LogP contribution is -2.39. The summed E-state index contributed by atoms with van der Waals surface area (Å²) in [5, 5.41) is 16.1. The Balaban J connectivity index is 2.49. The van der Waals surface area contributed by atoms with Gasteiger partial charge in [0.15, 0.2) is 5.96 Å². The van der Waals surface area contributed by atoms with Crippen LogP contribution in [0, 0.1) is 5.41 Å². The molecule has 0 aliphatic heterocycles. The third-order valence-corrected chi connectivity index (χ3v) is 4.84. The van der Waals surface area contributed by atoms with Crippen molar-refractivity contribution in [2.75, 3.05) is 26.2 Å². The van der Waals surface area contributed by atoms with E-state index in [-0.39, 0.29) is 12.0 Å². The van der Waals surface area contributed by atoms with Gasteiger partial charge in [0.1, 0.15) is 0 Å². The molecule has 0 unspecified atom stereocenters. The van der Waals surface area contributed by atoms with Gasteiger partial charge in [0.25, 0.3) is 0 Å². The van der Waals surface area contributed by atoms with Crippen LogP contribution in [0.1, 0.15) is 52.0 Å². The smallest absolute Gasteiger partial charge is 0.191 e. The molecule has 4 nitrogen and oxygen atoms in total. The van der Waals surface area contributed by atoms with Crippen molar-refractivity contribution in [2.24, 2.45) is 10.4 Å². The largest absolute Gasteiger partial charge is 0.396 e. The molecule has 1 aromatic carbocycles. The van der Waals surface area contributed by atoms with Crippen molar-refractivity contribution in [2.45, 2.75) is 52.9 Å². The average Bonchev–Trinajstić information content (AvgIpc) is 2.63. The van der Waals surface area contributed by atoms with Crippen LogP contribution in [-0.4, -0.2) is 37.3 Å². The molecule has 4 heteroatoms. The number of aliphatic hydroxyl groups is 1. The van der Waals surface area contributed by atoms with Gasteiger partial charge in [0, 0.05) is 26.2 Å². The second kappa shape index (κ2) is 11.9. The van der Waals surface area contributed by atoms with Crippen LogP contribution >= 0.6 is 0 Å². The van der Waals surface area contributed by atoms with Crippen molar-refractivity contribution in [1.82, 2.24) is 10.6 Å². The number of guanidine groups is 1. The van der Waals surface area contributed by atoms with Crippen LogP contribution in [0.15, 0.2) is 35.3 Å². The fourth-order valence-corrected chi connectivity index (χ4v) is 2.88. The van der Waals surface area contributed by atoms with E-state index in [1.165, 1.54) is 5.56 Å². The summed E-state index contributed by atoms with van der Waals surface area (Å²) in [6.07, 6.45) is 5.06. The maximum absolute atomic E-state index is 9.33. The molecule has 0 fully saturated rings. The molecule has 0 bridgehead atoms. The fourth-order valence-electron chi connectivity index (χ4n) is 2.88. The van der Waals surface area contributed by atoms with Crippen LogP contribution in [-0.2, 0) is 6.42 Å². The van der Waals surface area contributed by atoms with Crippen LogP contribution in [0.2, 0.25) is 0 Å². The Hall–Kier alpha value is -1.55. The molecule has 0 spiro atoms. The second-order valence-electron chi connectivity index (χ2n) is 6.39. The van der Waals surface area contributed by atoms with Gasteiger partial charge >= 0.3 is 0 Å². The lowest BCUT2D eigenvalue weighted by atomic mass is 9.79. The first-order valence-corrected chi connectivity index (χ1v) is 9.36. The summed E-state index contributed by atoms with van der Waals surface area (Å²) in [5.74, 6) is 0.884. The SMILES string of the molecule is CCNC(=NCC(CC)(CC)CCO)NCCCc1ccccc1. The summed E-state index contributed by atoms with van der Waals surface area (Å²) >= 11 is 0. The molecule has 1 aromatic rings. The highest BCUT2D eigenvalue weighted by molar-refractivity contribution is 5.79. The topological polar surface area (TPSA) is 56.7 Å². The minimum atomic E-state index is 0.112. The zero-order valence-corrected chi connectivity index (χ0v) is 15.6. The molecule has 136 valence electrons. The van der Waals surface area contributed by atoms with E-state index in [4.69, 9.17) is 4.99 Å². The number of nitrogens with one attached hydrogen (secondary N) is 2. The van der Waals surface area contributed by atoms with Gasteiger partial charge in [0.05, 0.1) is 0 Å². The number of nitrogens with zero attached hydrogens (tertiary/aromatic N) is 1. The van der Waals surface area contributed by atoms with E-state index in [0.29, 0.717) is 0 Å². The predicted octanol–water partition coefficient (Wildman–Crippen LogP) is 3.36. The molecule has 1 rings (SSSR count). The van der Waals surface area contributed by atoms with Gasteiger partial charge < -0.3 is 15.7 Å². The quantitative estimate of drug-likeness (QED) is 0.331. The maximum atomic E-state index is 9.33. The van der Waals surface area contributed by atoms with Gasteiger partial charge in [-0.3, -0.25) is 4.99 Å². The highest BCUT2D eigenvalue weighted by atomic mass is 16.3. The van der Waals surface area contributed by atoms with Gasteiger partial charge in [0.2, 0.25) is 0 Å². The highest BCUT2D eigenvalue weighted by Gasteiger charge is 2.25. The predicted molar refractivity (Wildman–Crippen MR) is 103 cm³/mol. The lowest BCUT2D eigenvalue weighted by Gasteiger charge is -2.29. The first-order chi connectivity index (χ1) is 11.7. The van der Waals surface area contributed by atoms with Crippen molar-refractivity contribution in [3.8, 4) is 0 Å². The number of rotatable bonds is 11. The zero-order chi connectivity index (χ0) is 17.7. The van der Waals surface area contributed by atoms with E-state index >= 15 is 0 Å². The summed E-state index contributed by atoms with van der Waals surface area (Å²) in [6.45, 7) is 9.22. The number of hydrogen-bond acceptors (Lipinski definition) is 2. The maximum Gasteiger partial charge on any atom is 0.191 e. The number of hydrogen-bond donors (Lipinski definition) is 3. The molecule has 0 radical (unpaired) electrons. The molecule has 0 amide bonds. The molecule has 0 aliphatic rings. The summed E-state index contributed by atoms with van der Waals surface area (Å²) in [5.41, 5.74) is 1.49. The first kappa shape index (κ1) is 20.5. The number of aliphatic hydroxyl groups excluding tert-OH is 1. The Morgan fingerprint density at radius 1 is 1.08 bits per heavy atom. The van der Waals surface area contributed by atoms with E-state index < -0.39 is 0 Å². The van der Waals surface area contributed by atoms with Crippen LogP contribution in [0.4, 0.5) is 0 Å². The lowest BCUT2D eigenvalue weighted by molar-refractivity contribution is 0.175. The Labute approximate surface area is 147 Å². The van der Waals surface area contributed by atoms with Gasteiger partial charge in [-0.2, -0.15) is 0 Å². The summed E-state index contributed by atoms with van der Waals surface area (Å²) in [6, 6.07) is 10.6. The summed E-state index contributed by atoms with van der Waals surface area (Å²) in [7, 11) is 0. The number of aryl methyl sites for hydroxylation is 1. The Morgan fingerprint density at radius 3 is 2.38 bits per heavy atom. The molecule has 0 saturated carbocycles. The molecule has 0 atom stereocenters. The van der Waals surface area contributed by atoms with Crippen molar-refractivity contribution >= 4 is 5.96 Å². The van der Waals surface area contributed by atoms with Gasteiger partial charge in [-0.05, 0) is 50.0 Å². The molecular formula is C20H35N3O. The molecule has 0 heterocycles. The van der Waals surface area contributed by atoms with Crippen molar-refractivity contribution in [3.05, 3.63) is 35.9 Å². The molecular weight excluding hydrogens is 298 g/mol. The normalized spacial score (nSPS) is 12.2.